The second kappa shape index (κ2) is 4.30. The Labute approximate surface area is 101 Å². The molecular formula is C13H16N4. The number of hydrogen-bond acceptors (Lipinski definition) is 3. The van der Waals surface area contributed by atoms with Gasteiger partial charge in [0.25, 0.3) is 0 Å². The second-order valence-electron chi connectivity index (χ2n) is 4.41. The van der Waals surface area contributed by atoms with Crippen molar-refractivity contribution in [3.63, 3.8) is 0 Å². The average molecular weight is 228 g/mol. The van der Waals surface area contributed by atoms with Crippen LogP contribution in [0.3, 0.4) is 0 Å². The number of nitrogens with one attached hydrogen (secondary N) is 1. The summed E-state index contributed by atoms with van der Waals surface area (Å²) >= 11 is 0. The minimum atomic E-state index is 0.416. The van der Waals surface area contributed by atoms with E-state index in [2.05, 4.69) is 22.4 Å². The molecule has 0 spiro atoms. The molecule has 0 amide bonds. The SMILES string of the molecule is Cc1nccn1-c1cccc([C@@H]2CCCN2)n1. The van der Waals surface area contributed by atoms with E-state index in [0.29, 0.717) is 6.04 Å². The standard InChI is InChI=1S/C13H16N4/c1-10-14-8-9-17(10)13-6-2-4-12(16-13)11-5-3-7-15-11/h2,4,6,8-9,11,15H,3,5,7H2,1H3/t11-/m0/s1. The Morgan fingerprint density at radius 1 is 1.41 bits per heavy atom. The molecule has 1 atom stereocenters. The van der Waals surface area contributed by atoms with Crippen LogP contribution in [-0.4, -0.2) is 21.1 Å². The highest BCUT2D eigenvalue weighted by molar-refractivity contribution is 5.27. The lowest BCUT2D eigenvalue weighted by molar-refractivity contribution is 0.625. The van der Waals surface area contributed by atoms with Gasteiger partial charge in [0.05, 0.1) is 5.69 Å². The lowest BCUT2D eigenvalue weighted by Crippen LogP contribution is -2.15. The highest BCUT2D eigenvalue weighted by Crippen LogP contribution is 2.22. The van der Waals surface area contributed by atoms with Crippen LogP contribution in [-0.2, 0) is 0 Å². The van der Waals surface area contributed by atoms with Gasteiger partial charge in [0, 0.05) is 18.4 Å². The quantitative estimate of drug-likeness (QED) is 0.855. The van der Waals surface area contributed by atoms with Crippen LogP contribution in [0.2, 0.25) is 0 Å². The van der Waals surface area contributed by atoms with Crippen molar-refractivity contribution in [2.45, 2.75) is 25.8 Å². The number of rotatable bonds is 2. The summed E-state index contributed by atoms with van der Waals surface area (Å²) in [4.78, 5) is 8.95. The van der Waals surface area contributed by atoms with Crippen LogP contribution in [0.25, 0.3) is 5.82 Å². The van der Waals surface area contributed by atoms with E-state index in [9.17, 15) is 0 Å². The zero-order chi connectivity index (χ0) is 11.7. The topological polar surface area (TPSA) is 42.7 Å². The molecule has 17 heavy (non-hydrogen) atoms. The molecule has 3 heterocycles. The van der Waals surface area contributed by atoms with E-state index in [4.69, 9.17) is 4.98 Å². The molecule has 0 aliphatic carbocycles. The van der Waals surface area contributed by atoms with Gasteiger partial charge >= 0.3 is 0 Å². The van der Waals surface area contributed by atoms with Gasteiger partial charge < -0.3 is 5.32 Å². The van der Waals surface area contributed by atoms with Gasteiger partial charge in [-0.3, -0.25) is 4.57 Å². The molecule has 1 aliphatic heterocycles. The lowest BCUT2D eigenvalue weighted by atomic mass is 10.1. The van der Waals surface area contributed by atoms with E-state index in [1.54, 1.807) is 6.20 Å². The first kappa shape index (κ1) is 10.5. The maximum absolute atomic E-state index is 4.72. The second-order valence-corrected chi connectivity index (χ2v) is 4.41. The maximum atomic E-state index is 4.72. The van der Waals surface area contributed by atoms with E-state index in [-0.39, 0.29) is 0 Å². The Balaban J connectivity index is 1.96. The van der Waals surface area contributed by atoms with Crippen molar-refractivity contribution in [3.8, 4) is 5.82 Å². The number of imidazole rings is 1. The molecule has 4 heteroatoms. The summed E-state index contributed by atoms with van der Waals surface area (Å²) in [5.74, 6) is 1.92. The smallest absolute Gasteiger partial charge is 0.138 e. The minimum Gasteiger partial charge on any atom is -0.309 e. The van der Waals surface area contributed by atoms with Crippen molar-refractivity contribution in [3.05, 3.63) is 42.1 Å². The van der Waals surface area contributed by atoms with Crippen LogP contribution in [0.4, 0.5) is 0 Å². The van der Waals surface area contributed by atoms with Gasteiger partial charge in [0.15, 0.2) is 0 Å². The molecule has 0 unspecified atom stereocenters. The Morgan fingerprint density at radius 3 is 3.06 bits per heavy atom. The van der Waals surface area contributed by atoms with Gasteiger partial charge in [0.1, 0.15) is 11.6 Å². The van der Waals surface area contributed by atoms with Crippen LogP contribution in [0, 0.1) is 6.92 Å². The summed E-state index contributed by atoms with van der Waals surface area (Å²) in [5, 5.41) is 3.47. The van der Waals surface area contributed by atoms with Crippen molar-refractivity contribution < 1.29 is 0 Å². The molecule has 1 aliphatic rings. The highest BCUT2D eigenvalue weighted by Gasteiger charge is 2.17. The van der Waals surface area contributed by atoms with Crippen molar-refractivity contribution in [1.82, 2.24) is 19.9 Å². The molecule has 3 rings (SSSR count). The molecule has 1 N–H and O–H groups in total. The first-order valence-corrected chi connectivity index (χ1v) is 6.05. The molecular weight excluding hydrogens is 212 g/mol. The molecule has 1 fully saturated rings. The largest absolute Gasteiger partial charge is 0.309 e. The zero-order valence-corrected chi connectivity index (χ0v) is 9.93. The van der Waals surface area contributed by atoms with Crippen molar-refractivity contribution in [1.29, 1.82) is 0 Å². The van der Waals surface area contributed by atoms with E-state index in [1.807, 2.05) is 23.8 Å². The summed E-state index contributed by atoms with van der Waals surface area (Å²) in [5.41, 5.74) is 1.13. The summed E-state index contributed by atoms with van der Waals surface area (Å²) in [6.07, 6.45) is 6.17. The van der Waals surface area contributed by atoms with Crippen molar-refractivity contribution in [2.75, 3.05) is 6.54 Å². The van der Waals surface area contributed by atoms with Crippen LogP contribution in [0.15, 0.2) is 30.6 Å². The van der Waals surface area contributed by atoms with Crippen molar-refractivity contribution in [2.24, 2.45) is 0 Å². The molecule has 4 nitrogen and oxygen atoms in total. The summed E-state index contributed by atoms with van der Waals surface area (Å²) < 4.78 is 2.01. The monoisotopic (exact) mass is 228 g/mol. The fraction of sp³-hybridized carbons (Fsp3) is 0.385. The maximum Gasteiger partial charge on any atom is 0.138 e. The zero-order valence-electron chi connectivity index (χ0n) is 9.93. The van der Waals surface area contributed by atoms with Gasteiger partial charge in [-0.2, -0.15) is 0 Å². The molecule has 88 valence electrons. The Morgan fingerprint density at radius 2 is 2.35 bits per heavy atom. The Kier molecular flexibility index (Phi) is 2.65. The van der Waals surface area contributed by atoms with Crippen LogP contribution >= 0.6 is 0 Å². The predicted octanol–water partition coefficient (Wildman–Crippen LogP) is 2.00. The van der Waals surface area contributed by atoms with Gasteiger partial charge in [0.2, 0.25) is 0 Å². The molecule has 1 saturated heterocycles. The van der Waals surface area contributed by atoms with Gasteiger partial charge in [-0.15, -0.1) is 0 Å². The van der Waals surface area contributed by atoms with Crippen molar-refractivity contribution >= 4 is 0 Å². The number of hydrogen-bond donors (Lipinski definition) is 1. The van der Waals surface area contributed by atoms with Gasteiger partial charge in [-0.25, -0.2) is 9.97 Å². The first-order chi connectivity index (χ1) is 8.34. The molecule has 2 aromatic heterocycles. The van der Waals surface area contributed by atoms with Gasteiger partial charge in [-0.05, 0) is 38.4 Å². The summed E-state index contributed by atoms with van der Waals surface area (Å²) in [6, 6.07) is 6.60. The van der Waals surface area contributed by atoms with Crippen LogP contribution in [0.1, 0.15) is 30.4 Å². The average Bonchev–Trinajstić information content (AvgIpc) is 2.99. The number of aromatic nitrogens is 3. The van der Waals surface area contributed by atoms with Crippen LogP contribution < -0.4 is 5.32 Å². The van der Waals surface area contributed by atoms with E-state index < -0.39 is 0 Å². The predicted molar refractivity (Wildman–Crippen MR) is 66.1 cm³/mol. The third-order valence-corrected chi connectivity index (χ3v) is 3.25. The summed E-state index contributed by atoms with van der Waals surface area (Å²) in [6.45, 7) is 3.09. The minimum absolute atomic E-state index is 0.416. The number of nitrogens with zero attached hydrogens (tertiary/aromatic N) is 3. The van der Waals surface area contributed by atoms with Gasteiger partial charge in [-0.1, -0.05) is 6.07 Å². The van der Waals surface area contributed by atoms with E-state index in [0.717, 1.165) is 23.9 Å². The normalized spacial score (nSPS) is 19.7. The number of pyridine rings is 1. The molecule has 0 bridgehead atoms. The third kappa shape index (κ3) is 1.96. The summed E-state index contributed by atoms with van der Waals surface area (Å²) in [7, 11) is 0. The fourth-order valence-electron chi connectivity index (χ4n) is 2.32. The Bertz CT molecular complexity index is 512. The Hall–Kier alpha value is -1.68. The molecule has 0 aromatic carbocycles. The molecule has 0 radical (unpaired) electrons. The molecule has 0 saturated carbocycles. The van der Waals surface area contributed by atoms with E-state index in [1.165, 1.54) is 12.8 Å². The molecule has 2 aromatic rings. The lowest BCUT2D eigenvalue weighted by Gasteiger charge is -2.11. The fourth-order valence-corrected chi connectivity index (χ4v) is 2.32. The third-order valence-electron chi connectivity index (χ3n) is 3.25. The van der Waals surface area contributed by atoms with Crippen LogP contribution in [0.5, 0.6) is 0 Å². The number of aryl methyl sites for hydroxylation is 1. The van der Waals surface area contributed by atoms with E-state index >= 15 is 0 Å². The first-order valence-electron chi connectivity index (χ1n) is 6.05. The highest BCUT2D eigenvalue weighted by atomic mass is 15.1.